The molecular weight excluding hydrogens is 422 g/mol. The van der Waals surface area contributed by atoms with E-state index in [9.17, 15) is 13.2 Å². The van der Waals surface area contributed by atoms with Gasteiger partial charge >= 0.3 is 0 Å². The van der Waals surface area contributed by atoms with Crippen molar-refractivity contribution in [2.75, 3.05) is 26.2 Å². The fraction of sp³-hybridized carbons (Fsp3) is 0.500. The first-order valence-electron chi connectivity index (χ1n) is 8.93. The van der Waals surface area contributed by atoms with E-state index in [-0.39, 0.29) is 16.8 Å². The summed E-state index contributed by atoms with van der Waals surface area (Å²) < 4.78 is 33.3. The summed E-state index contributed by atoms with van der Waals surface area (Å²) in [5.74, 6) is -0.260. The van der Waals surface area contributed by atoms with Gasteiger partial charge in [0.2, 0.25) is 5.09 Å². The Morgan fingerprint density at radius 2 is 1.86 bits per heavy atom. The van der Waals surface area contributed by atoms with Gasteiger partial charge in [-0.3, -0.25) is 9.69 Å². The minimum absolute atomic E-state index is 0.0350. The number of hydrogen-bond acceptors (Lipinski definition) is 6. The molecule has 0 spiro atoms. The van der Waals surface area contributed by atoms with Gasteiger partial charge in [0.25, 0.3) is 15.9 Å². The number of nitrogens with one attached hydrogen (secondary N) is 1. The van der Waals surface area contributed by atoms with E-state index in [0.29, 0.717) is 13.1 Å². The van der Waals surface area contributed by atoms with Crippen LogP contribution in [0.1, 0.15) is 36.2 Å². The summed E-state index contributed by atoms with van der Waals surface area (Å²) in [6.07, 6.45) is 0. The van der Waals surface area contributed by atoms with Crippen molar-refractivity contribution in [2.45, 2.75) is 37.9 Å². The fourth-order valence-electron chi connectivity index (χ4n) is 2.95. The van der Waals surface area contributed by atoms with Gasteiger partial charge in [0.1, 0.15) is 0 Å². The Bertz CT molecular complexity index is 938. The number of nitrogens with zero attached hydrogens (tertiary/aromatic N) is 2. The lowest BCUT2D eigenvalue weighted by Gasteiger charge is -2.34. The SMILES string of the molecule is CC(C)(C)NS(=O)(=O)c1ccc(C(=O)N2CCN(Cc3ccc(Cl)s3)CC2)o1. The second-order valence-corrected chi connectivity index (χ2v) is 11.2. The van der Waals surface area contributed by atoms with E-state index in [1.807, 2.05) is 12.1 Å². The zero-order valence-electron chi connectivity index (χ0n) is 16.1. The van der Waals surface area contributed by atoms with Crippen molar-refractivity contribution >= 4 is 38.9 Å². The maximum Gasteiger partial charge on any atom is 0.289 e. The number of piperazine rings is 1. The van der Waals surface area contributed by atoms with Gasteiger partial charge in [0.15, 0.2) is 5.76 Å². The number of halogens is 1. The van der Waals surface area contributed by atoms with E-state index in [1.54, 1.807) is 37.0 Å². The van der Waals surface area contributed by atoms with Crippen LogP contribution in [0.5, 0.6) is 0 Å². The Morgan fingerprint density at radius 3 is 2.43 bits per heavy atom. The zero-order valence-corrected chi connectivity index (χ0v) is 18.5. The van der Waals surface area contributed by atoms with Crippen LogP contribution in [0, 0.1) is 0 Å². The van der Waals surface area contributed by atoms with Gasteiger partial charge in [0.05, 0.1) is 4.34 Å². The number of carbonyl (C=O) groups excluding carboxylic acids is 1. The third kappa shape index (κ3) is 5.36. The molecule has 2 aromatic heterocycles. The molecule has 3 heterocycles. The third-order valence-electron chi connectivity index (χ3n) is 4.17. The lowest BCUT2D eigenvalue weighted by Crippen LogP contribution is -2.48. The predicted octanol–water partition coefficient (Wildman–Crippen LogP) is 3.03. The standard InChI is InChI=1S/C18H24ClN3O4S2/c1-18(2,3)20-28(24,25)16-7-5-14(26-16)17(23)22-10-8-21(9-11-22)12-13-4-6-15(19)27-13/h4-7,20H,8-12H2,1-3H3. The molecule has 1 aliphatic heterocycles. The van der Waals surface area contributed by atoms with Crippen molar-refractivity contribution in [1.29, 1.82) is 0 Å². The molecule has 3 rings (SSSR count). The quantitative estimate of drug-likeness (QED) is 0.764. The lowest BCUT2D eigenvalue weighted by molar-refractivity contribution is 0.0593. The van der Waals surface area contributed by atoms with Crippen molar-refractivity contribution in [2.24, 2.45) is 0 Å². The molecule has 0 aromatic carbocycles. The molecule has 1 aliphatic rings. The van der Waals surface area contributed by atoms with Crippen LogP contribution < -0.4 is 4.72 Å². The average molecular weight is 446 g/mol. The summed E-state index contributed by atoms with van der Waals surface area (Å²) in [7, 11) is -3.81. The van der Waals surface area contributed by atoms with Gasteiger partial charge in [-0.25, -0.2) is 13.1 Å². The number of hydrogen-bond donors (Lipinski definition) is 1. The maximum atomic E-state index is 12.7. The summed E-state index contributed by atoms with van der Waals surface area (Å²) >= 11 is 7.53. The monoisotopic (exact) mass is 445 g/mol. The van der Waals surface area contributed by atoms with Crippen molar-refractivity contribution < 1.29 is 17.6 Å². The molecule has 1 N–H and O–H groups in total. The largest absolute Gasteiger partial charge is 0.438 e. The van der Waals surface area contributed by atoms with Gasteiger partial charge in [-0.05, 0) is 45.0 Å². The molecule has 7 nitrogen and oxygen atoms in total. The lowest BCUT2D eigenvalue weighted by atomic mass is 10.1. The van der Waals surface area contributed by atoms with Crippen molar-refractivity contribution in [3.63, 3.8) is 0 Å². The van der Waals surface area contributed by atoms with Crippen LogP contribution in [0.25, 0.3) is 0 Å². The molecule has 154 valence electrons. The molecule has 1 fully saturated rings. The first kappa shape index (κ1) is 21.3. The van der Waals surface area contributed by atoms with E-state index in [2.05, 4.69) is 9.62 Å². The highest BCUT2D eigenvalue weighted by Gasteiger charge is 2.29. The Kier molecular flexibility index (Phi) is 6.21. The molecule has 0 atom stereocenters. The average Bonchev–Trinajstić information content (AvgIpc) is 3.22. The van der Waals surface area contributed by atoms with Gasteiger partial charge in [-0.1, -0.05) is 11.6 Å². The van der Waals surface area contributed by atoms with Gasteiger partial charge in [0, 0.05) is 43.1 Å². The molecule has 0 aliphatic carbocycles. The molecule has 28 heavy (non-hydrogen) atoms. The van der Waals surface area contributed by atoms with Crippen LogP contribution in [0.15, 0.2) is 33.8 Å². The van der Waals surface area contributed by atoms with Gasteiger partial charge in [-0.15, -0.1) is 11.3 Å². The molecular formula is C18H24ClN3O4S2. The van der Waals surface area contributed by atoms with Crippen LogP contribution in [0.3, 0.4) is 0 Å². The first-order chi connectivity index (χ1) is 13.0. The molecule has 10 heteroatoms. The normalized spacial score (nSPS) is 16.5. The van der Waals surface area contributed by atoms with Gasteiger partial charge in [-0.2, -0.15) is 0 Å². The Hall–Kier alpha value is -1.39. The highest BCUT2D eigenvalue weighted by Crippen LogP contribution is 2.23. The second-order valence-electron chi connectivity index (χ2n) is 7.75. The number of thiophene rings is 1. The van der Waals surface area contributed by atoms with Crippen molar-refractivity contribution in [3.05, 3.63) is 39.2 Å². The number of furan rings is 1. The summed E-state index contributed by atoms with van der Waals surface area (Å²) in [5, 5.41) is -0.251. The molecule has 0 bridgehead atoms. The predicted molar refractivity (Wildman–Crippen MR) is 109 cm³/mol. The Balaban J connectivity index is 1.59. The Labute approximate surface area is 174 Å². The zero-order chi connectivity index (χ0) is 20.5. The van der Waals surface area contributed by atoms with E-state index in [1.165, 1.54) is 17.0 Å². The molecule has 0 saturated carbocycles. The van der Waals surface area contributed by atoms with Crippen LogP contribution >= 0.6 is 22.9 Å². The van der Waals surface area contributed by atoms with Crippen molar-refractivity contribution in [3.8, 4) is 0 Å². The molecule has 0 unspecified atom stereocenters. The number of sulfonamides is 1. The second kappa shape index (κ2) is 8.16. The van der Waals surface area contributed by atoms with Gasteiger partial charge < -0.3 is 9.32 Å². The molecule has 1 amide bonds. The van der Waals surface area contributed by atoms with E-state index in [4.69, 9.17) is 16.0 Å². The van der Waals surface area contributed by atoms with E-state index < -0.39 is 15.6 Å². The summed E-state index contributed by atoms with van der Waals surface area (Å²) in [6, 6.07) is 6.64. The van der Waals surface area contributed by atoms with Crippen molar-refractivity contribution in [1.82, 2.24) is 14.5 Å². The van der Waals surface area contributed by atoms with Crippen LogP contribution in [-0.4, -0.2) is 55.8 Å². The highest BCUT2D eigenvalue weighted by molar-refractivity contribution is 7.89. The summed E-state index contributed by atoms with van der Waals surface area (Å²) in [6.45, 7) is 8.61. The highest BCUT2D eigenvalue weighted by atomic mass is 35.5. The van der Waals surface area contributed by atoms with Crippen LogP contribution in [0.4, 0.5) is 0 Å². The van der Waals surface area contributed by atoms with E-state index >= 15 is 0 Å². The summed E-state index contributed by atoms with van der Waals surface area (Å²) in [4.78, 5) is 17.8. The smallest absolute Gasteiger partial charge is 0.289 e. The Morgan fingerprint density at radius 1 is 1.18 bits per heavy atom. The molecule has 1 saturated heterocycles. The topological polar surface area (TPSA) is 82.9 Å². The minimum Gasteiger partial charge on any atom is -0.438 e. The maximum absolute atomic E-state index is 12.7. The summed E-state index contributed by atoms with van der Waals surface area (Å²) in [5.41, 5.74) is -0.640. The third-order valence-corrected chi connectivity index (χ3v) is 7.01. The number of carbonyl (C=O) groups is 1. The van der Waals surface area contributed by atoms with E-state index in [0.717, 1.165) is 24.0 Å². The van der Waals surface area contributed by atoms with Crippen LogP contribution in [0.2, 0.25) is 4.34 Å². The number of amides is 1. The number of rotatable bonds is 5. The minimum atomic E-state index is -3.81. The molecule has 2 aromatic rings. The van der Waals surface area contributed by atoms with Crippen LogP contribution in [-0.2, 0) is 16.6 Å². The molecule has 0 radical (unpaired) electrons. The fourth-order valence-corrected chi connectivity index (χ4v) is 5.44. The first-order valence-corrected chi connectivity index (χ1v) is 11.6.